The molecule has 0 spiro atoms. The quantitative estimate of drug-likeness (QED) is 0.713. The summed E-state index contributed by atoms with van der Waals surface area (Å²) in [5.74, 6) is 0.282. The minimum atomic E-state index is -0.290. The normalized spacial score (nSPS) is 14.0. The van der Waals surface area contributed by atoms with Crippen LogP contribution in [-0.4, -0.2) is 49.5 Å². The molecule has 0 radical (unpaired) electrons. The molecular weight excluding hydrogens is 425 g/mol. The Morgan fingerprint density at radius 3 is 2.43 bits per heavy atom. The summed E-state index contributed by atoms with van der Waals surface area (Å²) < 4.78 is 5.51. The largest absolute Gasteiger partial charge is 0.482 e. The number of anilines is 2. The first-order valence-electron chi connectivity index (χ1n) is 9.85. The molecule has 0 aromatic heterocycles. The average molecular weight is 450 g/mol. The van der Waals surface area contributed by atoms with Crippen molar-refractivity contribution in [2.75, 3.05) is 43.0 Å². The highest BCUT2D eigenvalue weighted by Crippen LogP contribution is 2.29. The van der Waals surface area contributed by atoms with Crippen molar-refractivity contribution in [2.24, 2.45) is 5.92 Å². The Morgan fingerprint density at radius 2 is 1.77 bits per heavy atom. The van der Waals surface area contributed by atoms with Crippen LogP contribution in [0.15, 0.2) is 42.5 Å². The van der Waals surface area contributed by atoms with Crippen molar-refractivity contribution < 1.29 is 14.3 Å². The number of rotatable bonds is 6. The fourth-order valence-electron chi connectivity index (χ4n) is 3.31. The summed E-state index contributed by atoms with van der Waals surface area (Å²) >= 11 is 12.0. The van der Waals surface area contributed by atoms with Crippen LogP contribution in [-0.2, 0) is 9.59 Å². The number of ether oxygens (including phenoxy) is 1. The van der Waals surface area contributed by atoms with E-state index in [1.165, 1.54) is 0 Å². The van der Waals surface area contributed by atoms with Crippen molar-refractivity contribution in [1.29, 1.82) is 0 Å². The van der Waals surface area contributed by atoms with Gasteiger partial charge in [0.15, 0.2) is 6.61 Å². The van der Waals surface area contributed by atoms with Gasteiger partial charge in [0.05, 0.1) is 16.4 Å². The average Bonchev–Trinajstić information content (AvgIpc) is 2.73. The molecule has 2 amide bonds. The third-order valence-corrected chi connectivity index (χ3v) is 5.39. The predicted octanol–water partition coefficient (Wildman–Crippen LogP) is 4.32. The molecule has 30 heavy (non-hydrogen) atoms. The van der Waals surface area contributed by atoms with Gasteiger partial charge in [0.2, 0.25) is 5.91 Å². The minimum Gasteiger partial charge on any atom is -0.482 e. The SMILES string of the molecule is CC(C)C(=O)N1CCN(c2ccccc2NC(=O)COc2ccc(Cl)cc2Cl)CC1. The molecule has 160 valence electrons. The molecule has 1 N–H and O–H groups in total. The van der Waals surface area contributed by atoms with E-state index in [2.05, 4.69) is 10.2 Å². The highest BCUT2D eigenvalue weighted by atomic mass is 35.5. The number of benzene rings is 2. The molecule has 0 bridgehead atoms. The lowest BCUT2D eigenvalue weighted by atomic mass is 10.1. The Balaban J connectivity index is 1.60. The van der Waals surface area contributed by atoms with Crippen LogP contribution in [0.25, 0.3) is 0 Å². The maximum Gasteiger partial charge on any atom is 0.262 e. The molecule has 0 atom stereocenters. The van der Waals surface area contributed by atoms with Gasteiger partial charge in [-0.25, -0.2) is 0 Å². The zero-order valence-electron chi connectivity index (χ0n) is 17.0. The predicted molar refractivity (Wildman–Crippen MR) is 121 cm³/mol. The van der Waals surface area contributed by atoms with Crippen molar-refractivity contribution in [3.63, 3.8) is 0 Å². The Labute approximate surface area is 186 Å². The molecule has 1 heterocycles. The molecule has 2 aromatic carbocycles. The maximum absolute atomic E-state index is 12.4. The zero-order valence-corrected chi connectivity index (χ0v) is 18.5. The number of hydrogen-bond acceptors (Lipinski definition) is 4. The summed E-state index contributed by atoms with van der Waals surface area (Å²) in [7, 11) is 0. The second-order valence-corrected chi connectivity index (χ2v) is 8.24. The summed E-state index contributed by atoms with van der Waals surface area (Å²) in [6, 6.07) is 12.5. The first kappa shape index (κ1) is 22.2. The number of amides is 2. The van der Waals surface area contributed by atoms with Crippen LogP contribution in [0.2, 0.25) is 10.0 Å². The zero-order chi connectivity index (χ0) is 21.7. The van der Waals surface area contributed by atoms with E-state index in [0.29, 0.717) is 47.7 Å². The standard InChI is InChI=1S/C22H25Cl2N3O3/c1-15(2)22(29)27-11-9-26(10-12-27)19-6-4-3-5-18(19)25-21(28)14-30-20-8-7-16(23)13-17(20)24/h3-8,13,15H,9-12,14H2,1-2H3,(H,25,28). The molecule has 3 rings (SSSR count). The second kappa shape index (κ2) is 10.0. The number of halogens is 2. The molecule has 1 aliphatic rings. The Kier molecular flexibility index (Phi) is 7.45. The molecule has 0 aliphatic carbocycles. The van der Waals surface area contributed by atoms with Crippen molar-refractivity contribution in [1.82, 2.24) is 4.90 Å². The number of carbonyl (C=O) groups is 2. The summed E-state index contributed by atoms with van der Waals surface area (Å²) in [5.41, 5.74) is 1.63. The van der Waals surface area contributed by atoms with E-state index in [4.69, 9.17) is 27.9 Å². The van der Waals surface area contributed by atoms with E-state index in [1.807, 2.05) is 43.0 Å². The molecule has 0 saturated carbocycles. The van der Waals surface area contributed by atoms with E-state index in [-0.39, 0.29) is 24.3 Å². The van der Waals surface area contributed by atoms with Crippen LogP contribution >= 0.6 is 23.2 Å². The highest BCUT2D eigenvalue weighted by molar-refractivity contribution is 6.35. The number of hydrogen-bond donors (Lipinski definition) is 1. The molecule has 1 saturated heterocycles. The van der Waals surface area contributed by atoms with E-state index < -0.39 is 0 Å². The van der Waals surface area contributed by atoms with Crippen molar-refractivity contribution in [3.05, 3.63) is 52.5 Å². The first-order chi connectivity index (χ1) is 14.3. The van der Waals surface area contributed by atoms with Gasteiger partial charge < -0.3 is 19.9 Å². The topological polar surface area (TPSA) is 61.9 Å². The monoisotopic (exact) mass is 449 g/mol. The summed E-state index contributed by atoms with van der Waals surface area (Å²) in [4.78, 5) is 28.7. The Hall–Kier alpha value is -2.44. The molecule has 8 heteroatoms. The number of piperazine rings is 1. The molecular formula is C22H25Cl2N3O3. The number of nitrogens with one attached hydrogen (secondary N) is 1. The van der Waals surface area contributed by atoms with Gasteiger partial charge in [-0.1, -0.05) is 49.2 Å². The van der Waals surface area contributed by atoms with Gasteiger partial charge in [0.1, 0.15) is 5.75 Å². The van der Waals surface area contributed by atoms with Crippen LogP contribution in [0.5, 0.6) is 5.75 Å². The van der Waals surface area contributed by atoms with Crippen LogP contribution < -0.4 is 15.0 Å². The van der Waals surface area contributed by atoms with Gasteiger partial charge >= 0.3 is 0 Å². The lowest BCUT2D eigenvalue weighted by Gasteiger charge is -2.37. The lowest BCUT2D eigenvalue weighted by molar-refractivity contribution is -0.134. The Morgan fingerprint density at radius 1 is 1.07 bits per heavy atom. The smallest absolute Gasteiger partial charge is 0.262 e. The number of para-hydroxylation sites is 2. The number of carbonyl (C=O) groups excluding carboxylic acids is 2. The van der Waals surface area contributed by atoms with E-state index in [1.54, 1.807) is 18.2 Å². The first-order valence-corrected chi connectivity index (χ1v) is 10.6. The van der Waals surface area contributed by atoms with Crippen molar-refractivity contribution in [3.8, 4) is 5.75 Å². The summed E-state index contributed by atoms with van der Waals surface area (Å²) in [6.45, 7) is 6.41. The van der Waals surface area contributed by atoms with Gasteiger partial charge in [-0.3, -0.25) is 9.59 Å². The van der Waals surface area contributed by atoms with Crippen LogP contribution in [0.4, 0.5) is 11.4 Å². The fourth-order valence-corrected chi connectivity index (χ4v) is 3.77. The Bertz CT molecular complexity index is 912. The molecule has 2 aromatic rings. The second-order valence-electron chi connectivity index (χ2n) is 7.40. The molecule has 6 nitrogen and oxygen atoms in total. The van der Waals surface area contributed by atoms with E-state index in [9.17, 15) is 9.59 Å². The molecule has 1 aliphatic heterocycles. The minimum absolute atomic E-state index is 0.00253. The third kappa shape index (κ3) is 5.58. The van der Waals surface area contributed by atoms with Gasteiger partial charge in [-0.2, -0.15) is 0 Å². The van der Waals surface area contributed by atoms with E-state index in [0.717, 1.165) is 5.69 Å². The summed E-state index contributed by atoms with van der Waals surface area (Å²) in [5, 5.41) is 3.76. The van der Waals surface area contributed by atoms with E-state index >= 15 is 0 Å². The lowest BCUT2D eigenvalue weighted by Crippen LogP contribution is -2.50. The van der Waals surface area contributed by atoms with Crippen LogP contribution in [0.1, 0.15) is 13.8 Å². The maximum atomic E-state index is 12.4. The summed E-state index contributed by atoms with van der Waals surface area (Å²) in [6.07, 6.45) is 0. The fraction of sp³-hybridized carbons (Fsp3) is 0.364. The number of nitrogens with zero attached hydrogens (tertiary/aromatic N) is 2. The van der Waals surface area contributed by atoms with Gasteiger partial charge in [-0.15, -0.1) is 0 Å². The van der Waals surface area contributed by atoms with Gasteiger partial charge in [0.25, 0.3) is 5.91 Å². The van der Waals surface area contributed by atoms with Crippen LogP contribution in [0, 0.1) is 5.92 Å². The van der Waals surface area contributed by atoms with Gasteiger partial charge in [0, 0.05) is 37.1 Å². The van der Waals surface area contributed by atoms with Gasteiger partial charge in [-0.05, 0) is 30.3 Å². The third-order valence-electron chi connectivity index (χ3n) is 4.86. The molecule has 1 fully saturated rings. The van der Waals surface area contributed by atoms with Crippen molar-refractivity contribution >= 4 is 46.4 Å². The van der Waals surface area contributed by atoms with Crippen LogP contribution in [0.3, 0.4) is 0 Å². The highest BCUT2D eigenvalue weighted by Gasteiger charge is 2.24. The van der Waals surface area contributed by atoms with Crippen molar-refractivity contribution in [2.45, 2.75) is 13.8 Å². The molecule has 0 unspecified atom stereocenters.